The minimum absolute atomic E-state index is 0.00503. The van der Waals surface area contributed by atoms with Gasteiger partial charge in [-0.1, -0.05) is 6.07 Å². The zero-order valence-corrected chi connectivity index (χ0v) is 8.69. The number of alkyl halides is 1. The standard InChI is InChI=1S/C12H7F2N3/c13-5-10-2-1-8(7-16-10)9-3-11(6-15)17-12(14)4-9/h1-4,7H,5H2. The Labute approximate surface area is 96.4 Å². The number of halogens is 2. The van der Waals surface area contributed by atoms with Crippen molar-refractivity contribution >= 4 is 0 Å². The molecular weight excluding hydrogens is 224 g/mol. The first-order valence-electron chi connectivity index (χ1n) is 4.82. The smallest absolute Gasteiger partial charge is 0.214 e. The Morgan fingerprint density at radius 1 is 1.24 bits per heavy atom. The number of aromatic nitrogens is 2. The molecule has 3 nitrogen and oxygen atoms in total. The van der Waals surface area contributed by atoms with E-state index >= 15 is 0 Å². The summed E-state index contributed by atoms with van der Waals surface area (Å²) in [4.78, 5) is 7.26. The van der Waals surface area contributed by atoms with E-state index in [0.29, 0.717) is 16.8 Å². The van der Waals surface area contributed by atoms with E-state index in [0.717, 1.165) is 0 Å². The van der Waals surface area contributed by atoms with Gasteiger partial charge in [-0.05, 0) is 17.7 Å². The van der Waals surface area contributed by atoms with E-state index in [1.165, 1.54) is 24.4 Å². The van der Waals surface area contributed by atoms with Gasteiger partial charge in [0, 0.05) is 17.8 Å². The van der Waals surface area contributed by atoms with Gasteiger partial charge < -0.3 is 0 Å². The molecule has 0 aromatic carbocycles. The van der Waals surface area contributed by atoms with Crippen LogP contribution in [0.4, 0.5) is 8.78 Å². The van der Waals surface area contributed by atoms with E-state index in [-0.39, 0.29) is 5.69 Å². The molecule has 0 aliphatic carbocycles. The van der Waals surface area contributed by atoms with Gasteiger partial charge >= 0.3 is 0 Å². The molecule has 0 amide bonds. The van der Waals surface area contributed by atoms with Crippen molar-refractivity contribution in [3.8, 4) is 17.2 Å². The summed E-state index contributed by atoms with van der Waals surface area (Å²) in [7, 11) is 0. The topological polar surface area (TPSA) is 49.6 Å². The zero-order chi connectivity index (χ0) is 12.3. The van der Waals surface area contributed by atoms with Gasteiger partial charge in [0.15, 0.2) is 0 Å². The Morgan fingerprint density at radius 3 is 2.65 bits per heavy atom. The summed E-state index contributed by atoms with van der Waals surface area (Å²) < 4.78 is 25.4. The molecule has 0 saturated heterocycles. The third-order valence-corrected chi connectivity index (χ3v) is 2.20. The normalized spacial score (nSPS) is 9.94. The predicted octanol–water partition coefficient (Wildman–Crippen LogP) is 2.62. The summed E-state index contributed by atoms with van der Waals surface area (Å²) >= 11 is 0. The average molecular weight is 231 g/mol. The number of hydrogen-bond acceptors (Lipinski definition) is 3. The van der Waals surface area contributed by atoms with Crippen molar-refractivity contribution in [1.82, 2.24) is 9.97 Å². The lowest BCUT2D eigenvalue weighted by Gasteiger charge is -2.02. The first-order valence-corrected chi connectivity index (χ1v) is 4.82. The van der Waals surface area contributed by atoms with Gasteiger partial charge in [-0.2, -0.15) is 9.65 Å². The molecule has 0 spiro atoms. The largest absolute Gasteiger partial charge is 0.258 e. The van der Waals surface area contributed by atoms with Crippen molar-refractivity contribution in [2.45, 2.75) is 6.67 Å². The van der Waals surface area contributed by atoms with Gasteiger partial charge in [0.1, 0.15) is 18.4 Å². The fourth-order valence-corrected chi connectivity index (χ4v) is 1.40. The highest BCUT2D eigenvalue weighted by molar-refractivity contribution is 5.63. The number of hydrogen-bond donors (Lipinski definition) is 0. The van der Waals surface area contributed by atoms with Crippen molar-refractivity contribution in [3.05, 3.63) is 47.8 Å². The van der Waals surface area contributed by atoms with Crippen LogP contribution in [0, 0.1) is 17.3 Å². The van der Waals surface area contributed by atoms with Crippen molar-refractivity contribution in [2.24, 2.45) is 0 Å². The van der Waals surface area contributed by atoms with Gasteiger partial charge in [0.2, 0.25) is 5.95 Å². The fraction of sp³-hybridized carbons (Fsp3) is 0.0833. The van der Waals surface area contributed by atoms with Crippen LogP contribution in [0.5, 0.6) is 0 Å². The van der Waals surface area contributed by atoms with Gasteiger partial charge in [-0.25, -0.2) is 9.37 Å². The number of rotatable bonds is 2. The lowest BCUT2D eigenvalue weighted by Crippen LogP contribution is -1.91. The van der Waals surface area contributed by atoms with Crippen LogP contribution in [-0.2, 0) is 6.67 Å². The Balaban J connectivity index is 2.45. The molecule has 2 aromatic heterocycles. The maximum absolute atomic E-state index is 13.1. The van der Waals surface area contributed by atoms with Crippen LogP contribution in [0.25, 0.3) is 11.1 Å². The molecule has 0 fully saturated rings. The number of pyridine rings is 2. The third kappa shape index (κ3) is 2.42. The molecule has 0 saturated carbocycles. The van der Waals surface area contributed by atoms with E-state index in [9.17, 15) is 8.78 Å². The first-order chi connectivity index (χ1) is 8.22. The molecule has 0 N–H and O–H groups in total. The molecule has 5 heteroatoms. The Morgan fingerprint density at radius 2 is 2.06 bits per heavy atom. The van der Waals surface area contributed by atoms with Crippen LogP contribution >= 0.6 is 0 Å². The minimum Gasteiger partial charge on any atom is -0.258 e. The van der Waals surface area contributed by atoms with Gasteiger partial charge in [0.05, 0.1) is 5.69 Å². The SMILES string of the molecule is N#Cc1cc(-c2ccc(CF)nc2)cc(F)n1. The minimum atomic E-state index is -0.728. The molecule has 2 aromatic rings. The van der Waals surface area contributed by atoms with Crippen LogP contribution in [0.15, 0.2) is 30.5 Å². The highest BCUT2D eigenvalue weighted by Gasteiger charge is 2.05. The summed E-state index contributed by atoms with van der Waals surface area (Å²) in [6, 6.07) is 7.56. The van der Waals surface area contributed by atoms with E-state index in [4.69, 9.17) is 5.26 Å². The van der Waals surface area contributed by atoms with Gasteiger partial charge in [-0.3, -0.25) is 4.98 Å². The maximum Gasteiger partial charge on any atom is 0.214 e. The number of nitriles is 1. The van der Waals surface area contributed by atoms with E-state index in [1.807, 2.05) is 0 Å². The summed E-state index contributed by atoms with van der Waals surface area (Å²) in [6.45, 7) is -0.644. The lowest BCUT2D eigenvalue weighted by molar-refractivity contribution is 0.476. The van der Waals surface area contributed by atoms with Crippen LogP contribution in [-0.4, -0.2) is 9.97 Å². The highest BCUT2D eigenvalue weighted by Crippen LogP contribution is 2.20. The quantitative estimate of drug-likeness (QED) is 0.746. The Hall–Kier alpha value is -2.35. The highest BCUT2D eigenvalue weighted by atomic mass is 19.1. The van der Waals surface area contributed by atoms with Crippen LogP contribution in [0.3, 0.4) is 0 Å². The second-order valence-corrected chi connectivity index (χ2v) is 3.35. The molecule has 0 aliphatic rings. The van der Waals surface area contributed by atoms with E-state index in [2.05, 4.69) is 9.97 Å². The molecule has 17 heavy (non-hydrogen) atoms. The van der Waals surface area contributed by atoms with E-state index < -0.39 is 12.6 Å². The maximum atomic E-state index is 13.1. The summed E-state index contributed by atoms with van der Waals surface area (Å²) in [5.74, 6) is -0.728. The second kappa shape index (κ2) is 4.66. The predicted molar refractivity (Wildman–Crippen MR) is 57.0 cm³/mol. The van der Waals surface area contributed by atoms with Crippen molar-refractivity contribution in [2.75, 3.05) is 0 Å². The molecule has 0 atom stereocenters. The Kier molecular flexibility index (Phi) is 3.06. The van der Waals surface area contributed by atoms with Gasteiger partial charge in [-0.15, -0.1) is 0 Å². The second-order valence-electron chi connectivity index (χ2n) is 3.35. The molecule has 2 rings (SSSR count). The van der Waals surface area contributed by atoms with Crippen LogP contribution in [0.2, 0.25) is 0 Å². The monoisotopic (exact) mass is 231 g/mol. The molecule has 2 heterocycles. The van der Waals surface area contributed by atoms with Crippen LogP contribution < -0.4 is 0 Å². The summed E-state index contributed by atoms with van der Waals surface area (Å²) in [6.07, 6.45) is 1.44. The van der Waals surface area contributed by atoms with Gasteiger partial charge in [0.25, 0.3) is 0 Å². The molecule has 0 unspecified atom stereocenters. The Bertz CT molecular complexity index is 573. The lowest BCUT2D eigenvalue weighted by atomic mass is 10.1. The molecule has 84 valence electrons. The molecule has 0 radical (unpaired) electrons. The number of nitrogens with zero attached hydrogens (tertiary/aromatic N) is 3. The van der Waals surface area contributed by atoms with Crippen LogP contribution in [0.1, 0.15) is 11.4 Å². The van der Waals surface area contributed by atoms with Crippen molar-refractivity contribution < 1.29 is 8.78 Å². The average Bonchev–Trinajstić information content (AvgIpc) is 2.38. The summed E-state index contributed by atoms with van der Waals surface area (Å²) in [5.41, 5.74) is 1.41. The molecule has 0 bridgehead atoms. The summed E-state index contributed by atoms with van der Waals surface area (Å²) in [5, 5.41) is 8.67. The molecule has 0 aliphatic heterocycles. The fourth-order valence-electron chi connectivity index (χ4n) is 1.40. The van der Waals surface area contributed by atoms with Crippen molar-refractivity contribution in [1.29, 1.82) is 5.26 Å². The van der Waals surface area contributed by atoms with E-state index in [1.54, 1.807) is 12.1 Å². The molecular formula is C12H7F2N3. The van der Waals surface area contributed by atoms with Crippen molar-refractivity contribution in [3.63, 3.8) is 0 Å². The first kappa shape index (κ1) is 11.1. The third-order valence-electron chi connectivity index (χ3n) is 2.20. The zero-order valence-electron chi connectivity index (χ0n) is 8.69.